The van der Waals surface area contributed by atoms with Crippen LogP contribution in [0.25, 0.3) is 117 Å². The molecule has 0 saturated heterocycles. The summed E-state index contributed by atoms with van der Waals surface area (Å²) in [5, 5.41) is 5.89. The molecule has 0 amide bonds. The number of nitrogens with zero attached hydrogens (tertiary/aromatic N) is 4. The van der Waals surface area contributed by atoms with Crippen molar-refractivity contribution in [2.45, 2.75) is 0 Å². The third kappa shape index (κ3) is 6.27. The Kier molecular flexibility index (Phi) is 8.79. The highest BCUT2D eigenvalue weighted by atomic mass is 15.0. The molecule has 0 radical (unpaired) electrons. The molecule has 0 aliphatic carbocycles. The first-order valence-corrected chi connectivity index (χ1v) is 21.4. The van der Waals surface area contributed by atoms with Crippen LogP contribution >= 0.6 is 0 Å². The Morgan fingerprint density at radius 1 is 0.302 bits per heavy atom. The largest absolute Gasteiger partial charge is 0.309 e. The van der Waals surface area contributed by atoms with E-state index in [2.05, 4.69) is 205 Å². The van der Waals surface area contributed by atoms with Crippen LogP contribution in [0, 0.1) is 0 Å². The second-order valence-electron chi connectivity index (χ2n) is 15.9. The van der Waals surface area contributed by atoms with Gasteiger partial charge >= 0.3 is 0 Å². The van der Waals surface area contributed by atoms with Gasteiger partial charge in [-0.1, -0.05) is 206 Å². The molecule has 0 spiro atoms. The van der Waals surface area contributed by atoms with E-state index >= 15 is 0 Å². The topological polar surface area (TPSA) is 43.6 Å². The number of para-hydroxylation sites is 2. The van der Waals surface area contributed by atoms with Crippen molar-refractivity contribution in [2.75, 3.05) is 0 Å². The van der Waals surface area contributed by atoms with Gasteiger partial charge in [0.15, 0.2) is 5.82 Å². The molecule has 12 rings (SSSR count). The summed E-state index contributed by atoms with van der Waals surface area (Å²) < 4.78 is 2.43. The zero-order chi connectivity index (χ0) is 41.7. The van der Waals surface area contributed by atoms with Crippen LogP contribution in [0.2, 0.25) is 0 Å². The zero-order valence-corrected chi connectivity index (χ0v) is 34.2. The number of benzene rings is 9. The van der Waals surface area contributed by atoms with Crippen LogP contribution in [0.3, 0.4) is 0 Å². The van der Waals surface area contributed by atoms with E-state index in [1.165, 1.54) is 27.2 Å². The molecule has 0 aliphatic rings. The quantitative estimate of drug-likeness (QED) is 0.151. The summed E-state index contributed by atoms with van der Waals surface area (Å²) in [7, 11) is 0. The number of pyridine rings is 1. The van der Waals surface area contributed by atoms with E-state index in [0.717, 1.165) is 83.6 Å². The van der Waals surface area contributed by atoms with Gasteiger partial charge in [-0.25, -0.2) is 15.0 Å². The molecule has 3 heterocycles. The molecule has 0 saturated carbocycles. The second kappa shape index (κ2) is 15.2. The van der Waals surface area contributed by atoms with E-state index in [1.807, 2.05) is 30.3 Å². The first-order valence-electron chi connectivity index (χ1n) is 21.4. The lowest BCUT2D eigenvalue weighted by Gasteiger charge is -2.17. The Morgan fingerprint density at radius 2 is 0.778 bits per heavy atom. The van der Waals surface area contributed by atoms with Gasteiger partial charge in [0.05, 0.1) is 33.6 Å². The lowest BCUT2D eigenvalue weighted by atomic mass is 9.92. The molecule has 63 heavy (non-hydrogen) atoms. The summed E-state index contributed by atoms with van der Waals surface area (Å²) >= 11 is 0. The minimum absolute atomic E-state index is 0.696. The number of hydrogen-bond acceptors (Lipinski definition) is 3. The fourth-order valence-electron chi connectivity index (χ4n) is 9.27. The summed E-state index contributed by atoms with van der Waals surface area (Å²) in [6.45, 7) is 0. The Morgan fingerprint density at radius 3 is 1.40 bits per heavy atom. The summed E-state index contributed by atoms with van der Waals surface area (Å²) in [6, 6.07) is 81.3. The van der Waals surface area contributed by atoms with Crippen molar-refractivity contribution in [3.8, 4) is 73.1 Å². The number of hydrogen-bond donors (Lipinski definition) is 0. The highest BCUT2D eigenvalue weighted by Gasteiger charge is 2.22. The summed E-state index contributed by atoms with van der Waals surface area (Å²) in [4.78, 5) is 16.1. The van der Waals surface area contributed by atoms with Crippen molar-refractivity contribution in [3.05, 3.63) is 231 Å². The number of fused-ring (bicyclic) bond motifs is 7. The van der Waals surface area contributed by atoms with Gasteiger partial charge in [0.2, 0.25) is 0 Å². The van der Waals surface area contributed by atoms with Gasteiger partial charge in [0.25, 0.3) is 0 Å². The van der Waals surface area contributed by atoms with E-state index in [0.29, 0.717) is 5.82 Å². The summed E-state index contributed by atoms with van der Waals surface area (Å²) in [5.41, 5.74) is 15.6. The van der Waals surface area contributed by atoms with Gasteiger partial charge < -0.3 is 4.57 Å². The molecule has 0 bridgehead atoms. The third-order valence-corrected chi connectivity index (χ3v) is 12.2. The lowest BCUT2D eigenvalue weighted by Crippen LogP contribution is -2.00. The number of rotatable bonds is 7. The number of aromatic nitrogens is 4. The molecule has 4 nitrogen and oxygen atoms in total. The van der Waals surface area contributed by atoms with Crippen molar-refractivity contribution in [2.24, 2.45) is 0 Å². The molecule has 0 fully saturated rings. The van der Waals surface area contributed by atoms with E-state index in [1.54, 1.807) is 0 Å². The maximum Gasteiger partial charge on any atom is 0.160 e. The highest BCUT2D eigenvalue weighted by molar-refractivity contribution is 6.27. The average Bonchev–Trinajstić information content (AvgIpc) is 3.71. The van der Waals surface area contributed by atoms with Gasteiger partial charge in [-0.15, -0.1) is 0 Å². The van der Waals surface area contributed by atoms with E-state index < -0.39 is 0 Å². The van der Waals surface area contributed by atoms with Crippen molar-refractivity contribution < 1.29 is 0 Å². The molecule has 3 aromatic heterocycles. The van der Waals surface area contributed by atoms with Crippen LogP contribution in [0.4, 0.5) is 0 Å². The standard InChI is InChI=1S/C59H38N4/c1-6-18-41(19-7-1)55-50-37-36-48-47-28-16-17-29-52(47)63(46-26-14-5-15-27-46)58(48)54(50)49-35-34-45(38-51(49)60-55)39-30-32-40(33-31-39)53-56(42-20-8-2-9-21-42)61-59(44-24-12-4-13-25-44)62-57(53)43-22-10-3-11-23-43/h1-38H. The van der Waals surface area contributed by atoms with Crippen LogP contribution < -0.4 is 0 Å². The monoisotopic (exact) mass is 802 g/mol. The van der Waals surface area contributed by atoms with Crippen LogP contribution in [0.15, 0.2) is 231 Å². The minimum atomic E-state index is 0.696. The summed E-state index contributed by atoms with van der Waals surface area (Å²) in [5.74, 6) is 0.696. The predicted molar refractivity (Wildman–Crippen MR) is 262 cm³/mol. The van der Waals surface area contributed by atoms with Crippen LogP contribution in [0.5, 0.6) is 0 Å². The molecule has 4 heteroatoms. The van der Waals surface area contributed by atoms with Gasteiger partial charge in [-0.05, 0) is 41.0 Å². The van der Waals surface area contributed by atoms with Gasteiger partial charge in [0.1, 0.15) is 0 Å². The SMILES string of the molecule is c1ccc(-c2nc(-c3ccccc3)c(-c3ccc(-c4ccc5c(c4)nc(-c4ccccc4)c4ccc6c7ccccc7n(-c7ccccc7)c6c45)cc3)c(-c3ccccc3)n2)cc1. The Labute approximate surface area is 365 Å². The van der Waals surface area contributed by atoms with Crippen molar-refractivity contribution in [3.63, 3.8) is 0 Å². The van der Waals surface area contributed by atoms with Gasteiger partial charge in [0, 0.05) is 60.4 Å². The normalized spacial score (nSPS) is 11.5. The van der Waals surface area contributed by atoms with E-state index in [-0.39, 0.29) is 0 Å². The van der Waals surface area contributed by atoms with Crippen molar-refractivity contribution >= 4 is 43.5 Å². The maximum atomic E-state index is 5.49. The van der Waals surface area contributed by atoms with Crippen LogP contribution in [-0.2, 0) is 0 Å². The second-order valence-corrected chi connectivity index (χ2v) is 15.9. The summed E-state index contributed by atoms with van der Waals surface area (Å²) in [6.07, 6.45) is 0. The van der Waals surface area contributed by atoms with E-state index in [9.17, 15) is 0 Å². The fourth-order valence-corrected chi connectivity index (χ4v) is 9.27. The average molecular weight is 803 g/mol. The smallest absolute Gasteiger partial charge is 0.160 e. The van der Waals surface area contributed by atoms with Crippen molar-refractivity contribution in [1.29, 1.82) is 0 Å². The Bertz CT molecular complexity index is 3560. The molecular weight excluding hydrogens is 765 g/mol. The molecular formula is C59H38N4. The molecule has 294 valence electrons. The first-order chi connectivity index (χ1) is 31.3. The maximum absolute atomic E-state index is 5.49. The highest BCUT2D eigenvalue weighted by Crippen LogP contribution is 2.44. The molecule has 9 aromatic carbocycles. The molecule has 0 atom stereocenters. The Balaban J connectivity index is 1.06. The fraction of sp³-hybridized carbons (Fsp3) is 0. The third-order valence-electron chi connectivity index (χ3n) is 12.2. The van der Waals surface area contributed by atoms with Crippen LogP contribution in [-0.4, -0.2) is 19.5 Å². The zero-order valence-electron chi connectivity index (χ0n) is 34.2. The Hall–Kier alpha value is -8.47. The predicted octanol–water partition coefficient (Wildman–Crippen LogP) is 15.3. The van der Waals surface area contributed by atoms with Gasteiger partial charge in [-0.2, -0.15) is 0 Å². The lowest BCUT2D eigenvalue weighted by molar-refractivity contribution is 1.18. The molecule has 0 N–H and O–H groups in total. The van der Waals surface area contributed by atoms with E-state index in [4.69, 9.17) is 15.0 Å². The van der Waals surface area contributed by atoms with Crippen molar-refractivity contribution in [1.82, 2.24) is 19.5 Å². The van der Waals surface area contributed by atoms with Crippen LogP contribution in [0.1, 0.15) is 0 Å². The molecule has 0 unspecified atom stereocenters. The molecule has 12 aromatic rings. The molecule has 0 aliphatic heterocycles. The van der Waals surface area contributed by atoms with Gasteiger partial charge in [-0.3, -0.25) is 0 Å². The minimum Gasteiger partial charge on any atom is -0.309 e. The first kappa shape index (κ1) is 36.4.